The molecule has 2 atom stereocenters. The van der Waals surface area contributed by atoms with Crippen LogP contribution in [-0.2, 0) is 11.0 Å². The van der Waals surface area contributed by atoms with Gasteiger partial charge in [-0.3, -0.25) is 4.79 Å². The van der Waals surface area contributed by atoms with Crippen molar-refractivity contribution in [1.29, 1.82) is 5.26 Å². The van der Waals surface area contributed by atoms with E-state index in [9.17, 15) is 28.3 Å². The summed E-state index contributed by atoms with van der Waals surface area (Å²) in [6, 6.07) is 2.91. The van der Waals surface area contributed by atoms with Crippen molar-refractivity contribution in [3.8, 4) is 17.3 Å². The third-order valence-electron chi connectivity index (χ3n) is 6.61. The molecule has 0 radical (unpaired) electrons. The van der Waals surface area contributed by atoms with Crippen LogP contribution in [0, 0.1) is 17.2 Å². The fourth-order valence-corrected chi connectivity index (χ4v) is 4.42. The highest BCUT2D eigenvalue weighted by Gasteiger charge is 2.32. The van der Waals surface area contributed by atoms with Crippen molar-refractivity contribution in [1.82, 2.24) is 24.8 Å². The second-order valence-corrected chi connectivity index (χ2v) is 8.91. The molecule has 1 aliphatic heterocycles. The van der Waals surface area contributed by atoms with Crippen molar-refractivity contribution in [3.63, 3.8) is 0 Å². The van der Waals surface area contributed by atoms with E-state index in [2.05, 4.69) is 25.3 Å². The number of halogens is 3. The van der Waals surface area contributed by atoms with Gasteiger partial charge in [-0.1, -0.05) is 6.92 Å². The lowest BCUT2D eigenvalue weighted by molar-refractivity contribution is -0.141. The number of carbonyl (C=O) groups excluding carboxylic acids is 1. The molecule has 3 aromatic heterocycles. The summed E-state index contributed by atoms with van der Waals surface area (Å²) in [6.45, 7) is 4.80. The Morgan fingerprint density at radius 3 is 2.69 bits per heavy atom. The summed E-state index contributed by atoms with van der Waals surface area (Å²) in [6.07, 6.45) is -0.132. The summed E-state index contributed by atoms with van der Waals surface area (Å²) in [5.41, 5.74) is -0.0135. The molecule has 0 spiro atoms. The topological polar surface area (TPSA) is 131 Å². The monoisotopic (exact) mass is 501 g/mol. The number of likely N-dealkylation sites (tertiary alicyclic amines) is 1. The summed E-state index contributed by atoms with van der Waals surface area (Å²) >= 11 is 0. The van der Waals surface area contributed by atoms with Crippen LogP contribution >= 0.6 is 0 Å². The zero-order valence-corrected chi connectivity index (χ0v) is 19.8. The molecule has 36 heavy (non-hydrogen) atoms. The molecule has 0 bridgehead atoms. The number of H-pyrrole nitrogens is 1. The second kappa shape index (κ2) is 10.1. The SMILES string of the molecule is CC[C@@H](O)C(=O)N1CCC([C@@H](C)Nc2ncc(C#N)c(-c3c[nH]c4ncc(C(F)(F)F)cc34)n2)CC1. The largest absolute Gasteiger partial charge is 0.417 e. The van der Waals surface area contributed by atoms with Crippen LogP contribution in [0.2, 0.25) is 0 Å². The number of pyridine rings is 1. The van der Waals surface area contributed by atoms with Crippen molar-refractivity contribution in [2.75, 3.05) is 18.4 Å². The molecular formula is C24H26F3N7O2. The predicted molar refractivity (Wildman–Crippen MR) is 126 cm³/mol. The first-order valence-corrected chi connectivity index (χ1v) is 11.7. The second-order valence-electron chi connectivity index (χ2n) is 8.91. The number of rotatable bonds is 6. The third kappa shape index (κ3) is 5.11. The van der Waals surface area contributed by atoms with Crippen LogP contribution in [0.3, 0.4) is 0 Å². The maximum absolute atomic E-state index is 13.2. The number of hydrogen-bond donors (Lipinski definition) is 3. The molecule has 4 rings (SSSR count). The molecule has 0 unspecified atom stereocenters. The molecule has 0 aromatic carbocycles. The molecular weight excluding hydrogens is 475 g/mol. The van der Waals surface area contributed by atoms with E-state index in [1.807, 2.05) is 13.0 Å². The van der Waals surface area contributed by atoms with Gasteiger partial charge in [0, 0.05) is 42.5 Å². The zero-order chi connectivity index (χ0) is 26.0. The van der Waals surface area contributed by atoms with Gasteiger partial charge in [0.2, 0.25) is 5.95 Å². The van der Waals surface area contributed by atoms with Gasteiger partial charge in [-0.05, 0) is 38.2 Å². The van der Waals surface area contributed by atoms with E-state index in [-0.39, 0.29) is 46.1 Å². The molecule has 1 amide bonds. The smallest absolute Gasteiger partial charge is 0.383 e. The third-order valence-corrected chi connectivity index (χ3v) is 6.61. The Morgan fingerprint density at radius 1 is 1.33 bits per heavy atom. The van der Waals surface area contributed by atoms with Gasteiger partial charge in [-0.15, -0.1) is 0 Å². The Labute approximate surface area is 205 Å². The van der Waals surface area contributed by atoms with Crippen LogP contribution in [0.25, 0.3) is 22.3 Å². The van der Waals surface area contributed by atoms with E-state index in [0.717, 1.165) is 25.1 Å². The van der Waals surface area contributed by atoms with Gasteiger partial charge in [0.05, 0.1) is 23.0 Å². The molecule has 1 saturated heterocycles. The number of nitrogens with zero attached hydrogens (tertiary/aromatic N) is 5. The highest BCUT2D eigenvalue weighted by Crippen LogP contribution is 2.35. The van der Waals surface area contributed by atoms with Gasteiger partial charge in [-0.2, -0.15) is 18.4 Å². The number of nitrogens with one attached hydrogen (secondary N) is 2. The number of alkyl halides is 3. The molecule has 190 valence electrons. The summed E-state index contributed by atoms with van der Waals surface area (Å²) in [5.74, 6) is 0.200. The number of carbonyl (C=O) groups is 1. The van der Waals surface area contributed by atoms with E-state index in [1.165, 1.54) is 12.4 Å². The van der Waals surface area contributed by atoms with E-state index in [4.69, 9.17) is 0 Å². The van der Waals surface area contributed by atoms with Gasteiger partial charge in [0.1, 0.15) is 17.8 Å². The lowest BCUT2D eigenvalue weighted by Gasteiger charge is -2.36. The normalized spacial score (nSPS) is 16.5. The summed E-state index contributed by atoms with van der Waals surface area (Å²) in [7, 11) is 0. The maximum atomic E-state index is 13.2. The van der Waals surface area contributed by atoms with Crippen LogP contribution in [0.4, 0.5) is 19.1 Å². The van der Waals surface area contributed by atoms with E-state index < -0.39 is 17.8 Å². The zero-order valence-electron chi connectivity index (χ0n) is 19.8. The minimum atomic E-state index is -4.56. The van der Waals surface area contributed by atoms with E-state index in [0.29, 0.717) is 25.1 Å². The van der Waals surface area contributed by atoms with Crippen molar-refractivity contribution in [3.05, 3.63) is 35.8 Å². The average molecular weight is 502 g/mol. The number of aliphatic hydroxyl groups excluding tert-OH is 1. The lowest BCUT2D eigenvalue weighted by Crippen LogP contribution is -2.46. The quantitative estimate of drug-likeness (QED) is 0.469. The molecule has 0 saturated carbocycles. The Bertz CT molecular complexity index is 1290. The molecule has 1 aliphatic rings. The first-order valence-electron chi connectivity index (χ1n) is 11.7. The number of aromatic amines is 1. The number of fused-ring (bicyclic) bond motifs is 1. The van der Waals surface area contributed by atoms with Gasteiger partial charge in [-0.25, -0.2) is 15.0 Å². The molecule has 3 N–H and O–H groups in total. The predicted octanol–water partition coefficient (Wildman–Crippen LogP) is 3.72. The number of anilines is 1. The maximum Gasteiger partial charge on any atom is 0.417 e. The van der Waals surface area contributed by atoms with E-state index >= 15 is 0 Å². The number of hydrogen-bond acceptors (Lipinski definition) is 7. The first-order chi connectivity index (χ1) is 17.1. The fourth-order valence-electron chi connectivity index (χ4n) is 4.42. The molecule has 12 heteroatoms. The summed E-state index contributed by atoms with van der Waals surface area (Å²) in [5, 5.41) is 22.8. The number of aromatic nitrogens is 4. The standard InChI is InChI=1S/C24H26F3N7O2/c1-3-19(35)22(36)34-6-4-14(5-7-34)13(2)32-23-31-10-15(9-28)20(33-23)18-12-30-21-17(18)8-16(11-29-21)24(25,26)27/h8,10-14,19,35H,3-7H2,1-2H3,(H,29,30)(H,31,32,33)/t13-,19-/m1/s1. The van der Waals surface area contributed by atoms with Crippen LogP contribution in [-0.4, -0.2) is 61.1 Å². The first kappa shape index (κ1) is 25.4. The Balaban J connectivity index is 1.54. The van der Waals surface area contributed by atoms with Gasteiger partial charge in [0.25, 0.3) is 5.91 Å². The lowest BCUT2D eigenvalue weighted by atomic mass is 9.90. The van der Waals surface area contributed by atoms with Crippen molar-refractivity contribution in [2.45, 2.75) is 51.4 Å². The molecule has 3 aromatic rings. The highest BCUT2D eigenvalue weighted by molar-refractivity contribution is 5.94. The van der Waals surface area contributed by atoms with Gasteiger partial charge < -0.3 is 20.3 Å². The van der Waals surface area contributed by atoms with Crippen molar-refractivity contribution in [2.24, 2.45) is 5.92 Å². The minimum absolute atomic E-state index is 0.0689. The van der Waals surface area contributed by atoms with Crippen LogP contribution in [0.1, 0.15) is 44.2 Å². The summed E-state index contributed by atoms with van der Waals surface area (Å²) < 4.78 is 39.7. The minimum Gasteiger partial charge on any atom is -0.383 e. The van der Waals surface area contributed by atoms with Gasteiger partial charge in [0.15, 0.2) is 0 Å². The fraction of sp³-hybridized carbons (Fsp3) is 0.458. The highest BCUT2D eigenvalue weighted by atomic mass is 19.4. The number of amides is 1. The number of nitriles is 1. The van der Waals surface area contributed by atoms with Crippen LogP contribution in [0.15, 0.2) is 24.7 Å². The molecule has 1 fully saturated rings. The van der Waals surface area contributed by atoms with Gasteiger partial charge >= 0.3 is 6.18 Å². The van der Waals surface area contributed by atoms with Crippen molar-refractivity contribution < 1.29 is 23.1 Å². The Kier molecular flexibility index (Phi) is 7.12. The number of piperidine rings is 1. The van der Waals surface area contributed by atoms with Crippen LogP contribution in [0.5, 0.6) is 0 Å². The van der Waals surface area contributed by atoms with Crippen molar-refractivity contribution >= 4 is 22.9 Å². The molecule has 0 aliphatic carbocycles. The number of aliphatic hydroxyl groups is 1. The average Bonchev–Trinajstić information content (AvgIpc) is 3.30. The van der Waals surface area contributed by atoms with E-state index in [1.54, 1.807) is 11.8 Å². The summed E-state index contributed by atoms with van der Waals surface area (Å²) in [4.78, 5) is 29.3. The van der Waals surface area contributed by atoms with Crippen LogP contribution < -0.4 is 5.32 Å². The molecule has 9 nitrogen and oxygen atoms in total. The Hall–Kier alpha value is -3.72. The molecule has 4 heterocycles. The Morgan fingerprint density at radius 2 is 2.06 bits per heavy atom.